The summed E-state index contributed by atoms with van der Waals surface area (Å²) in [5, 5.41) is 2.16. The average molecular weight is 398 g/mol. The number of carbonyl (C=O) groups is 4. The molecule has 0 saturated carbocycles. The Bertz CT molecular complexity index is 769. The first-order chi connectivity index (χ1) is 12.5. The van der Waals surface area contributed by atoms with Gasteiger partial charge in [0.05, 0.1) is 24.3 Å². The first kappa shape index (κ1) is 20.8. The third-order valence-electron chi connectivity index (χ3n) is 4.17. The molecule has 0 aliphatic carbocycles. The molecular formula is C17H20ClN3O6. The van der Waals surface area contributed by atoms with Crippen molar-refractivity contribution in [1.29, 1.82) is 0 Å². The number of piperidine rings is 1. The Balaban J connectivity index is 0.00000261. The number of nitrogens with zero attached hydrogens (tertiary/aromatic N) is 1. The van der Waals surface area contributed by atoms with Crippen molar-refractivity contribution in [3.8, 4) is 5.75 Å². The fraction of sp³-hybridized carbons (Fsp3) is 0.412. The Morgan fingerprint density at radius 2 is 1.81 bits per heavy atom. The SMILES string of the molecule is Cl.NCCOCCOc1ccc2c(c1)C(=O)N(C1CCC(=O)NC1=O)C2=O. The number of hydrogen-bond donors (Lipinski definition) is 2. The van der Waals surface area contributed by atoms with Crippen LogP contribution in [0.5, 0.6) is 5.75 Å². The first-order valence-corrected chi connectivity index (χ1v) is 8.29. The smallest absolute Gasteiger partial charge is 0.262 e. The van der Waals surface area contributed by atoms with Gasteiger partial charge in [-0.05, 0) is 24.6 Å². The van der Waals surface area contributed by atoms with E-state index in [1.165, 1.54) is 12.1 Å². The number of nitrogens with one attached hydrogen (secondary N) is 1. The Morgan fingerprint density at radius 1 is 1.07 bits per heavy atom. The molecular weight excluding hydrogens is 378 g/mol. The molecule has 0 bridgehead atoms. The van der Waals surface area contributed by atoms with Crippen LogP contribution in [0, 0.1) is 0 Å². The average Bonchev–Trinajstić information content (AvgIpc) is 2.86. The number of nitrogens with two attached hydrogens (primary N) is 1. The van der Waals surface area contributed by atoms with Gasteiger partial charge in [-0.25, -0.2) is 0 Å². The van der Waals surface area contributed by atoms with Crippen LogP contribution in [0.3, 0.4) is 0 Å². The summed E-state index contributed by atoms with van der Waals surface area (Å²) in [6.07, 6.45) is 0.207. The molecule has 0 spiro atoms. The predicted octanol–water partition coefficient (Wildman–Crippen LogP) is -0.136. The van der Waals surface area contributed by atoms with Crippen LogP contribution >= 0.6 is 12.4 Å². The lowest BCUT2D eigenvalue weighted by Gasteiger charge is -2.27. The van der Waals surface area contributed by atoms with Crippen LogP contribution < -0.4 is 15.8 Å². The number of hydrogen-bond acceptors (Lipinski definition) is 7. The highest BCUT2D eigenvalue weighted by atomic mass is 35.5. The summed E-state index contributed by atoms with van der Waals surface area (Å²) in [6, 6.07) is 3.58. The zero-order valence-electron chi connectivity index (χ0n) is 14.4. The number of amides is 4. The largest absolute Gasteiger partial charge is 0.491 e. The second-order valence-electron chi connectivity index (χ2n) is 5.90. The van der Waals surface area contributed by atoms with Gasteiger partial charge in [-0.15, -0.1) is 12.4 Å². The van der Waals surface area contributed by atoms with E-state index in [0.717, 1.165) is 4.90 Å². The summed E-state index contributed by atoms with van der Waals surface area (Å²) < 4.78 is 10.7. The Morgan fingerprint density at radius 3 is 2.52 bits per heavy atom. The maximum absolute atomic E-state index is 12.6. The van der Waals surface area contributed by atoms with Crippen molar-refractivity contribution in [3.05, 3.63) is 29.3 Å². The number of halogens is 1. The second kappa shape index (κ2) is 8.94. The van der Waals surface area contributed by atoms with Gasteiger partial charge in [-0.2, -0.15) is 0 Å². The van der Waals surface area contributed by atoms with E-state index in [4.69, 9.17) is 15.2 Å². The summed E-state index contributed by atoms with van der Waals surface area (Å²) in [4.78, 5) is 49.4. The monoisotopic (exact) mass is 397 g/mol. The predicted molar refractivity (Wildman–Crippen MR) is 95.7 cm³/mol. The molecule has 1 saturated heterocycles. The Hall–Kier alpha value is -2.49. The molecule has 27 heavy (non-hydrogen) atoms. The minimum absolute atomic E-state index is 0. The fourth-order valence-electron chi connectivity index (χ4n) is 2.94. The maximum atomic E-state index is 12.6. The first-order valence-electron chi connectivity index (χ1n) is 8.29. The van der Waals surface area contributed by atoms with Crippen molar-refractivity contribution < 1.29 is 28.7 Å². The number of ether oxygens (including phenoxy) is 2. The number of imide groups is 2. The van der Waals surface area contributed by atoms with E-state index in [1.807, 2.05) is 0 Å². The molecule has 4 amide bonds. The molecule has 1 atom stereocenters. The van der Waals surface area contributed by atoms with Crippen molar-refractivity contribution in [2.75, 3.05) is 26.4 Å². The highest BCUT2D eigenvalue weighted by Crippen LogP contribution is 2.30. The van der Waals surface area contributed by atoms with Crippen LogP contribution in [0.25, 0.3) is 0 Å². The molecule has 3 rings (SSSR count). The normalized spacial score (nSPS) is 18.9. The van der Waals surface area contributed by atoms with E-state index >= 15 is 0 Å². The van der Waals surface area contributed by atoms with Gasteiger partial charge in [0.15, 0.2) is 0 Å². The van der Waals surface area contributed by atoms with Crippen LogP contribution in [-0.4, -0.2) is 60.9 Å². The second-order valence-corrected chi connectivity index (χ2v) is 5.90. The van der Waals surface area contributed by atoms with Crippen LogP contribution in [0.15, 0.2) is 18.2 Å². The van der Waals surface area contributed by atoms with E-state index in [-0.39, 0.29) is 43.0 Å². The van der Waals surface area contributed by atoms with E-state index in [2.05, 4.69) is 5.32 Å². The molecule has 2 aliphatic heterocycles. The lowest BCUT2D eigenvalue weighted by Crippen LogP contribution is -2.54. The van der Waals surface area contributed by atoms with Gasteiger partial charge >= 0.3 is 0 Å². The maximum Gasteiger partial charge on any atom is 0.262 e. The molecule has 2 heterocycles. The number of carbonyl (C=O) groups excluding carboxylic acids is 4. The summed E-state index contributed by atoms with van der Waals surface area (Å²) >= 11 is 0. The summed E-state index contributed by atoms with van der Waals surface area (Å²) in [7, 11) is 0. The Labute approximate surface area is 161 Å². The zero-order chi connectivity index (χ0) is 18.7. The third-order valence-corrected chi connectivity index (χ3v) is 4.17. The molecule has 1 aromatic rings. The van der Waals surface area contributed by atoms with Crippen molar-refractivity contribution in [2.24, 2.45) is 5.73 Å². The standard InChI is InChI=1S/C17H19N3O6.ClH/c18-5-6-25-7-8-26-10-1-2-11-12(9-10)17(24)20(16(11)23)13-3-4-14(21)19-15(13)22;/h1-2,9,13H,3-8,18H2,(H,19,21,22);1H. The van der Waals surface area contributed by atoms with Gasteiger partial charge in [-0.3, -0.25) is 29.4 Å². The van der Waals surface area contributed by atoms with Gasteiger partial charge < -0.3 is 15.2 Å². The van der Waals surface area contributed by atoms with E-state index in [0.29, 0.717) is 25.5 Å². The van der Waals surface area contributed by atoms with E-state index < -0.39 is 29.7 Å². The molecule has 0 radical (unpaired) electrons. The van der Waals surface area contributed by atoms with Crippen LogP contribution in [0.2, 0.25) is 0 Å². The molecule has 0 aromatic heterocycles. The van der Waals surface area contributed by atoms with Crippen molar-refractivity contribution >= 4 is 36.0 Å². The fourth-order valence-corrected chi connectivity index (χ4v) is 2.94. The molecule has 10 heteroatoms. The topological polar surface area (TPSA) is 128 Å². The van der Waals surface area contributed by atoms with Crippen LogP contribution in [0.1, 0.15) is 33.6 Å². The molecule has 1 aromatic carbocycles. The van der Waals surface area contributed by atoms with Gasteiger partial charge in [0.25, 0.3) is 11.8 Å². The van der Waals surface area contributed by atoms with Crippen molar-refractivity contribution in [1.82, 2.24) is 10.2 Å². The van der Waals surface area contributed by atoms with Crippen molar-refractivity contribution in [3.63, 3.8) is 0 Å². The summed E-state index contributed by atoms with van der Waals surface area (Å²) in [6.45, 7) is 1.48. The highest BCUT2D eigenvalue weighted by molar-refractivity contribution is 6.23. The van der Waals surface area contributed by atoms with Crippen molar-refractivity contribution in [2.45, 2.75) is 18.9 Å². The van der Waals surface area contributed by atoms with Gasteiger partial charge in [0.2, 0.25) is 11.8 Å². The summed E-state index contributed by atoms with van der Waals surface area (Å²) in [5.74, 6) is -1.73. The number of rotatable bonds is 7. The van der Waals surface area contributed by atoms with Crippen LogP contribution in [0.4, 0.5) is 0 Å². The number of benzene rings is 1. The lowest BCUT2D eigenvalue weighted by atomic mass is 10.0. The zero-order valence-corrected chi connectivity index (χ0v) is 15.3. The van der Waals surface area contributed by atoms with E-state index in [9.17, 15) is 19.2 Å². The quantitative estimate of drug-likeness (QED) is 0.484. The molecule has 1 fully saturated rings. The van der Waals surface area contributed by atoms with Gasteiger partial charge in [0.1, 0.15) is 18.4 Å². The van der Waals surface area contributed by atoms with Gasteiger partial charge in [0, 0.05) is 13.0 Å². The van der Waals surface area contributed by atoms with Crippen LogP contribution in [-0.2, 0) is 14.3 Å². The highest BCUT2D eigenvalue weighted by Gasteiger charge is 2.44. The Kier molecular flexibility index (Phi) is 6.89. The molecule has 146 valence electrons. The minimum Gasteiger partial charge on any atom is -0.491 e. The molecule has 3 N–H and O–H groups in total. The third kappa shape index (κ3) is 4.26. The molecule has 9 nitrogen and oxygen atoms in total. The molecule has 2 aliphatic rings. The number of fused-ring (bicyclic) bond motifs is 1. The lowest BCUT2D eigenvalue weighted by molar-refractivity contribution is -0.136. The van der Waals surface area contributed by atoms with Gasteiger partial charge in [-0.1, -0.05) is 0 Å². The molecule has 1 unspecified atom stereocenters. The minimum atomic E-state index is -0.978. The summed E-state index contributed by atoms with van der Waals surface area (Å²) in [5.41, 5.74) is 5.71. The van der Waals surface area contributed by atoms with E-state index in [1.54, 1.807) is 6.07 Å².